The maximum absolute atomic E-state index is 12.6. The average Bonchev–Trinajstić information content (AvgIpc) is 3.01. The summed E-state index contributed by atoms with van der Waals surface area (Å²) in [6.45, 7) is 9.02. The molecule has 0 radical (unpaired) electrons. The van der Waals surface area contributed by atoms with E-state index in [9.17, 15) is 14.9 Å². The quantitative estimate of drug-likeness (QED) is 0.218. The number of nitrogens with zero attached hydrogens (tertiary/aromatic N) is 1. The van der Waals surface area contributed by atoms with Gasteiger partial charge in [0.2, 0.25) is 6.04 Å². The summed E-state index contributed by atoms with van der Waals surface area (Å²) in [5, 5.41) is 18.0. The van der Waals surface area contributed by atoms with Gasteiger partial charge in [-0.15, -0.1) is 0 Å². The third-order valence-corrected chi connectivity index (χ3v) is 6.36. The standard InChI is InChI=1S/C30H35N3O6/c1-21-13-14-25(38-18-17-37-4)15-16-31-19-27(21)29(23(3)33(35)36)26-11-8-12-28(22(26)2)32-30(34)39-20-24-9-6-5-7-10-24/h5-15,19,23,29,31H,1,16-18,20H2,2-4H3,(H,32,34)/b14-13-,25-15+,27-19?. The van der Waals surface area contributed by atoms with Gasteiger partial charge in [0.1, 0.15) is 19.0 Å². The van der Waals surface area contributed by atoms with E-state index in [-0.39, 0.29) is 11.5 Å². The molecule has 1 aliphatic rings. The zero-order valence-electron chi connectivity index (χ0n) is 22.5. The molecule has 3 rings (SSSR count). The van der Waals surface area contributed by atoms with Crippen molar-refractivity contribution in [3.05, 3.63) is 123 Å². The predicted octanol–water partition coefficient (Wildman–Crippen LogP) is 5.64. The molecule has 2 unspecified atom stereocenters. The maximum atomic E-state index is 12.6. The van der Waals surface area contributed by atoms with E-state index in [4.69, 9.17) is 14.2 Å². The van der Waals surface area contributed by atoms with Gasteiger partial charge in [-0.25, -0.2) is 4.79 Å². The number of ether oxygens (including phenoxy) is 3. The minimum atomic E-state index is -0.978. The summed E-state index contributed by atoms with van der Waals surface area (Å²) in [5.41, 5.74) is 4.04. The van der Waals surface area contributed by atoms with Gasteiger partial charge < -0.3 is 19.5 Å². The molecule has 2 atom stereocenters. The molecule has 206 valence electrons. The van der Waals surface area contributed by atoms with E-state index in [1.807, 2.05) is 49.4 Å². The van der Waals surface area contributed by atoms with Crippen LogP contribution in [0.15, 0.2) is 96.4 Å². The summed E-state index contributed by atoms with van der Waals surface area (Å²) in [6, 6.07) is 13.7. The lowest BCUT2D eigenvalue weighted by molar-refractivity contribution is -0.520. The summed E-state index contributed by atoms with van der Waals surface area (Å²) in [7, 11) is 1.60. The highest BCUT2D eigenvalue weighted by Gasteiger charge is 2.34. The largest absolute Gasteiger partial charge is 0.491 e. The highest BCUT2D eigenvalue weighted by molar-refractivity contribution is 5.86. The van der Waals surface area contributed by atoms with E-state index in [0.717, 1.165) is 5.56 Å². The molecule has 1 aliphatic heterocycles. The normalized spacial score (nSPS) is 17.1. The van der Waals surface area contributed by atoms with Gasteiger partial charge in [-0.3, -0.25) is 15.4 Å². The Labute approximate surface area is 229 Å². The van der Waals surface area contributed by atoms with Gasteiger partial charge in [0.15, 0.2) is 0 Å². The van der Waals surface area contributed by atoms with Crippen molar-refractivity contribution < 1.29 is 23.9 Å². The second kappa shape index (κ2) is 14.5. The van der Waals surface area contributed by atoms with Crippen molar-refractivity contribution in [1.29, 1.82) is 0 Å². The Morgan fingerprint density at radius 2 is 1.92 bits per heavy atom. The molecule has 9 heteroatoms. The van der Waals surface area contributed by atoms with Gasteiger partial charge in [0, 0.05) is 37.4 Å². The van der Waals surface area contributed by atoms with Gasteiger partial charge in [0.25, 0.3) is 0 Å². The molecule has 0 saturated heterocycles. The number of nitrogens with one attached hydrogen (secondary N) is 2. The number of methoxy groups -OCH3 is 1. The Kier molecular flexibility index (Phi) is 10.9. The third kappa shape index (κ3) is 8.31. The molecule has 2 aromatic carbocycles. The number of carbonyl (C=O) groups is 1. The highest BCUT2D eigenvalue weighted by Crippen LogP contribution is 2.37. The average molecular weight is 534 g/mol. The molecule has 1 heterocycles. The first kappa shape index (κ1) is 29.2. The highest BCUT2D eigenvalue weighted by atomic mass is 16.6. The number of allylic oxidation sites excluding steroid dienone is 3. The van der Waals surface area contributed by atoms with E-state index in [1.165, 1.54) is 0 Å². The zero-order chi connectivity index (χ0) is 28.2. The molecule has 0 aliphatic carbocycles. The van der Waals surface area contributed by atoms with E-state index < -0.39 is 18.1 Å². The number of hydrogen-bond acceptors (Lipinski definition) is 7. The van der Waals surface area contributed by atoms with Crippen molar-refractivity contribution >= 4 is 11.8 Å². The molecular formula is C30H35N3O6. The number of nitro groups is 1. The van der Waals surface area contributed by atoms with Crippen LogP contribution in [0.1, 0.15) is 29.5 Å². The summed E-state index contributed by atoms with van der Waals surface area (Å²) < 4.78 is 16.1. The van der Waals surface area contributed by atoms with Gasteiger partial charge in [-0.05, 0) is 53.0 Å². The van der Waals surface area contributed by atoms with Crippen molar-refractivity contribution in [1.82, 2.24) is 5.32 Å². The van der Waals surface area contributed by atoms with Crippen molar-refractivity contribution in [3.63, 3.8) is 0 Å². The lowest BCUT2D eigenvalue weighted by Gasteiger charge is -2.25. The second-order valence-corrected chi connectivity index (χ2v) is 9.02. The summed E-state index contributed by atoms with van der Waals surface area (Å²) in [4.78, 5) is 24.3. The van der Waals surface area contributed by atoms with Crippen molar-refractivity contribution in [2.75, 3.05) is 32.2 Å². The van der Waals surface area contributed by atoms with E-state index >= 15 is 0 Å². The number of carbonyl (C=O) groups excluding carboxylic acids is 1. The SMILES string of the molecule is C=C1/C=C\C(OCCOC)=C/CNC=C1C(c1cccc(NC(=O)OCc2ccccc2)c1C)C(C)[N+](=O)[O-]. The van der Waals surface area contributed by atoms with Crippen LogP contribution in [0, 0.1) is 17.0 Å². The molecule has 0 fully saturated rings. The number of anilines is 1. The molecule has 2 N–H and O–H groups in total. The second-order valence-electron chi connectivity index (χ2n) is 9.02. The fraction of sp³-hybridized carbons (Fsp3) is 0.300. The molecule has 2 aromatic rings. The first-order chi connectivity index (χ1) is 18.8. The number of benzene rings is 2. The Bertz CT molecular complexity index is 1250. The minimum Gasteiger partial charge on any atom is -0.491 e. The van der Waals surface area contributed by atoms with Crippen LogP contribution in [-0.4, -0.2) is 43.9 Å². The maximum Gasteiger partial charge on any atom is 0.411 e. The molecule has 0 spiro atoms. The van der Waals surface area contributed by atoms with E-state index in [1.54, 1.807) is 44.5 Å². The molecule has 39 heavy (non-hydrogen) atoms. The minimum absolute atomic E-state index is 0.127. The predicted molar refractivity (Wildman–Crippen MR) is 151 cm³/mol. The van der Waals surface area contributed by atoms with Crippen LogP contribution in [0.2, 0.25) is 0 Å². The Balaban J connectivity index is 1.86. The Morgan fingerprint density at radius 1 is 1.15 bits per heavy atom. The topological polar surface area (TPSA) is 112 Å². The first-order valence-electron chi connectivity index (χ1n) is 12.6. The van der Waals surface area contributed by atoms with E-state index in [0.29, 0.717) is 53.5 Å². The van der Waals surface area contributed by atoms with Crippen LogP contribution in [0.25, 0.3) is 0 Å². The Morgan fingerprint density at radius 3 is 2.64 bits per heavy atom. The van der Waals surface area contributed by atoms with Gasteiger partial charge in [0.05, 0.1) is 12.5 Å². The lowest BCUT2D eigenvalue weighted by Crippen LogP contribution is -2.28. The lowest BCUT2D eigenvalue weighted by atomic mass is 9.80. The molecular weight excluding hydrogens is 498 g/mol. The third-order valence-electron chi connectivity index (χ3n) is 6.36. The van der Waals surface area contributed by atoms with Gasteiger partial charge in [-0.1, -0.05) is 55.1 Å². The fourth-order valence-corrected chi connectivity index (χ4v) is 4.21. The Hall–Kier alpha value is -4.37. The summed E-state index contributed by atoms with van der Waals surface area (Å²) >= 11 is 0. The molecule has 9 nitrogen and oxygen atoms in total. The number of hydrogen-bond donors (Lipinski definition) is 2. The summed E-state index contributed by atoms with van der Waals surface area (Å²) in [5.74, 6) is -0.00619. The number of rotatable bonds is 11. The molecule has 1 amide bonds. The monoisotopic (exact) mass is 533 g/mol. The molecule has 0 saturated carbocycles. The van der Waals surface area contributed by atoms with Crippen LogP contribution in [-0.2, 0) is 20.8 Å². The zero-order valence-corrected chi connectivity index (χ0v) is 22.5. The van der Waals surface area contributed by atoms with Crippen LogP contribution >= 0.6 is 0 Å². The van der Waals surface area contributed by atoms with Gasteiger partial charge in [-0.2, -0.15) is 0 Å². The van der Waals surface area contributed by atoms with Crippen LogP contribution in [0.5, 0.6) is 0 Å². The molecule has 0 bridgehead atoms. The van der Waals surface area contributed by atoms with Crippen molar-refractivity contribution in [2.45, 2.75) is 32.4 Å². The fourth-order valence-electron chi connectivity index (χ4n) is 4.21. The van der Waals surface area contributed by atoms with Crippen LogP contribution in [0.4, 0.5) is 10.5 Å². The van der Waals surface area contributed by atoms with E-state index in [2.05, 4.69) is 17.2 Å². The van der Waals surface area contributed by atoms with Crippen LogP contribution < -0.4 is 10.6 Å². The number of amides is 1. The molecule has 0 aromatic heterocycles. The van der Waals surface area contributed by atoms with Crippen molar-refractivity contribution in [2.24, 2.45) is 0 Å². The smallest absolute Gasteiger partial charge is 0.411 e. The van der Waals surface area contributed by atoms with Crippen LogP contribution in [0.3, 0.4) is 0 Å². The van der Waals surface area contributed by atoms with Crippen molar-refractivity contribution in [3.8, 4) is 0 Å². The first-order valence-corrected chi connectivity index (χ1v) is 12.6. The van der Waals surface area contributed by atoms with Gasteiger partial charge >= 0.3 is 6.09 Å². The summed E-state index contributed by atoms with van der Waals surface area (Å²) in [6.07, 6.45) is 6.61.